The Morgan fingerprint density at radius 1 is 0.895 bits per heavy atom. The third-order valence-electron chi connectivity index (χ3n) is 8.18. The molecule has 1 saturated heterocycles. The van der Waals surface area contributed by atoms with Crippen molar-refractivity contribution in [3.63, 3.8) is 0 Å². The summed E-state index contributed by atoms with van der Waals surface area (Å²) in [6.45, 7) is 3.08. The molecule has 3 aliphatic rings. The van der Waals surface area contributed by atoms with E-state index in [1.165, 1.54) is 6.92 Å². The summed E-state index contributed by atoms with van der Waals surface area (Å²) < 4.78 is 87.0. The van der Waals surface area contributed by atoms with Gasteiger partial charge >= 0.3 is 12.4 Å². The smallest absolute Gasteiger partial charge is 0.374 e. The molecule has 0 amide bonds. The molecule has 1 heterocycles. The van der Waals surface area contributed by atoms with E-state index >= 15 is 0 Å². The Bertz CT molecular complexity index is 1170. The van der Waals surface area contributed by atoms with Crippen molar-refractivity contribution in [3.05, 3.63) is 82.6 Å². The van der Waals surface area contributed by atoms with Crippen LogP contribution in [0, 0.1) is 11.8 Å². The Morgan fingerprint density at radius 2 is 1.55 bits per heavy atom. The molecule has 3 nitrogen and oxygen atoms in total. The molecule has 1 unspecified atom stereocenters. The molecule has 0 spiro atoms. The van der Waals surface area contributed by atoms with Gasteiger partial charge in [-0.15, -0.1) is 0 Å². The minimum atomic E-state index is -4.91. The SMILES string of the molecule is C[C@@H](O[C@H]1CCC2CN(C3=CC(=O)CC3)C[C@H]2[C@@H]1c1ccccc1)c1cc(C(F)(F)F)cc(C(F)(F)F)c1. The minimum Gasteiger partial charge on any atom is -0.374 e. The molecule has 204 valence electrons. The Hall–Kier alpha value is -2.81. The van der Waals surface area contributed by atoms with Crippen LogP contribution in [0.4, 0.5) is 26.3 Å². The van der Waals surface area contributed by atoms with Crippen molar-refractivity contribution in [2.75, 3.05) is 13.1 Å². The van der Waals surface area contributed by atoms with Gasteiger partial charge in [0, 0.05) is 37.2 Å². The van der Waals surface area contributed by atoms with Gasteiger partial charge in [0.1, 0.15) is 0 Å². The van der Waals surface area contributed by atoms with E-state index in [4.69, 9.17) is 4.74 Å². The fourth-order valence-corrected chi connectivity index (χ4v) is 6.35. The van der Waals surface area contributed by atoms with E-state index in [-0.39, 0.29) is 35.4 Å². The lowest BCUT2D eigenvalue weighted by molar-refractivity contribution is -0.143. The predicted octanol–water partition coefficient (Wildman–Crippen LogP) is 7.54. The Labute approximate surface area is 217 Å². The molecule has 2 aromatic rings. The van der Waals surface area contributed by atoms with Crippen LogP contribution < -0.4 is 0 Å². The summed E-state index contributed by atoms with van der Waals surface area (Å²) >= 11 is 0. The Kier molecular flexibility index (Phi) is 7.09. The van der Waals surface area contributed by atoms with E-state index < -0.39 is 29.6 Å². The average Bonchev–Trinajstić information content (AvgIpc) is 3.49. The first-order valence-electron chi connectivity index (χ1n) is 12.9. The van der Waals surface area contributed by atoms with E-state index in [2.05, 4.69) is 4.90 Å². The van der Waals surface area contributed by atoms with Gasteiger partial charge in [-0.1, -0.05) is 30.3 Å². The molecule has 0 N–H and O–H groups in total. The van der Waals surface area contributed by atoms with Gasteiger partial charge in [0.2, 0.25) is 0 Å². The third-order valence-corrected chi connectivity index (χ3v) is 8.18. The van der Waals surface area contributed by atoms with Crippen molar-refractivity contribution in [1.82, 2.24) is 4.90 Å². The first-order valence-corrected chi connectivity index (χ1v) is 12.9. The van der Waals surface area contributed by atoms with E-state index in [1.807, 2.05) is 30.3 Å². The molecule has 0 aromatic heterocycles. The first kappa shape index (κ1) is 26.8. The third kappa shape index (κ3) is 5.48. The van der Waals surface area contributed by atoms with Gasteiger partial charge in [-0.05, 0) is 67.3 Å². The number of hydrogen-bond donors (Lipinski definition) is 0. The normalized spacial score (nSPS) is 26.9. The molecule has 9 heteroatoms. The number of halogens is 6. The highest BCUT2D eigenvalue weighted by Crippen LogP contribution is 2.49. The molecule has 38 heavy (non-hydrogen) atoms. The molecule has 0 radical (unpaired) electrons. The average molecular weight is 538 g/mol. The quantitative estimate of drug-likeness (QED) is 0.369. The zero-order valence-corrected chi connectivity index (χ0v) is 20.9. The van der Waals surface area contributed by atoms with E-state index in [1.54, 1.807) is 6.08 Å². The van der Waals surface area contributed by atoms with Crippen LogP contribution in [0.15, 0.2) is 60.3 Å². The molecule has 0 bridgehead atoms. The fraction of sp³-hybridized carbons (Fsp3) is 0.483. The highest BCUT2D eigenvalue weighted by Gasteiger charge is 2.47. The summed E-state index contributed by atoms with van der Waals surface area (Å²) in [5.41, 5.74) is -0.744. The van der Waals surface area contributed by atoms with Gasteiger partial charge < -0.3 is 9.64 Å². The summed E-state index contributed by atoms with van der Waals surface area (Å²) in [7, 11) is 0. The highest BCUT2D eigenvalue weighted by atomic mass is 19.4. The molecular formula is C29H29F6NO2. The number of allylic oxidation sites excluding steroid dienone is 2. The zero-order valence-electron chi connectivity index (χ0n) is 20.9. The predicted molar refractivity (Wildman–Crippen MR) is 129 cm³/mol. The van der Waals surface area contributed by atoms with Crippen molar-refractivity contribution in [1.29, 1.82) is 0 Å². The largest absolute Gasteiger partial charge is 0.416 e. The monoisotopic (exact) mass is 537 g/mol. The van der Waals surface area contributed by atoms with Crippen molar-refractivity contribution < 1.29 is 35.9 Å². The molecule has 1 saturated carbocycles. The van der Waals surface area contributed by atoms with Crippen LogP contribution in [0.3, 0.4) is 0 Å². The first-order chi connectivity index (χ1) is 17.9. The summed E-state index contributed by atoms with van der Waals surface area (Å²) in [5.74, 6) is 0.598. The number of carbonyl (C=O) groups excluding carboxylic acids is 1. The maximum absolute atomic E-state index is 13.4. The number of ketones is 1. The van der Waals surface area contributed by atoms with E-state index in [9.17, 15) is 31.1 Å². The van der Waals surface area contributed by atoms with Gasteiger partial charge in [-0.2, -0.15) is 26.3 Å². The number of ether oxygens (including phenoxy) is 1. The number of carbonyl (C=O) groups is 1. The molecule has 2 fully saturated rings. The number of fused-ring (bicyclic) bond motifs is 1. The summed E-state index contributed by atoms with van der Waals surface area (Å²) in [6.07, 6.45) is -6.74. The summed E-state index contributed by atoms with van der Waals surface area (Å²) in [4.78, 5) is 14.1. The Morgan fingerprint density at radius 3 is 2.13 bits per heavy atom. The number of rotatable bonds is 5. The number of nitrogens with zero attached hydrogens (tertiary/aromatic N) is 1. The van der Waals surface area contributed by atoms with Gasteiger partial charge in [-0.25, -0.2) is 0 Å². The lowest BCUT2D eigenvalue weighted by atomic mass is 9.69. The van der Waals surface area contributed by atoms with Crippen molar-refractivity contribution in [2.24, 2.45) is 11.8 Å². The minimum absolute atomic E-state index is 0.0759. The van der Waals surface area contributed by atoms with Crippen LogP contribution >= 0.6 is 0 Å². The van der Waals surface area contributed by atoms with Gasteiger partial charge in [0.15, 0.2) is 5.78 Å². The van der Waals surface area contributed by atoms with Gasteiger partial charge in [-0.3, -0.25) is 4.79 Å². The van der Waals surface area contributed by atoms with E-state index in [0.717, 1.165) is 49.3 Å². The highest BCUT2D eigenvalue weighted by molar-refractivity contribution is 5.92. The Balaban J connectivity index is 1.43. The number of benzene rings is 2. The standard InChI is InChI=1S/C29H29F6NO2/c1-17(20-11-21(28(30,31)32)13-22(12-20)29(33,34)35)38-26-10-7-19-15-36(23-8-9-24(37)14-23)16-25(19)27(26)18-5-3-2-4-6-18/h2-6,11-14,17,19,25-27H,7-10,15-16H2,1H3/t17-,19?,25-,26+,27+/m1/s1. The van der Waals surface area contributed by atoms with Crippen molar-refractivity contribution in [3.8, 4) is 0 Å². The lowest BCUT2D eigenvalue weighted by Crippen LogP contribution is -2.38. The van der Waals surface area contributed by atoms with Crippen LogP contribution in [-0.2, 0) is 21.9 Å². The van der Waals surface area contributed by atoms with Gasteiger partial charge in [0.25, 0.3) is 0 Å². The van der Waals surface area contributed by atoms with Crippen LogP contribution in [-0.4, -0.2) is 29.9 Å². The van der Waals surface area contributed by atoms with Crippen LogP contribution in [0.5, 0.6) is 0 Å². The van der Waals surface area contributed by atoms with Crippen molar-refractivity contribution in [2.45, 2.75) is 63.1 Å². The van der Waals surface area contributed by atoms with Crippen LogP contribution in [0.25, 0.3) is 0 Å². The molecule has 5 atom stereocenters. The lowest BCUT2D eigenvalue weighted by Gasteiger charge is -2.41. The second kappa shape index (κ2) is 10.1. The molecular weight excluding hydrogens is 508 g/mol. The second-order valence-electron chi connectivity index (χ2n) is 10.6. The number of likely N-dealkylation sites (tertiary alicyclic amines) is 1. The summed E-state index contributed by atoms with van der Waals surface area (Å²) in [6, 6.07) is 11.4. The fourth-order valence-electron chi connectivity index (χ4n) is 6.35. The molecule has 5 rings (SSSR count). The second-order valence-corrected chi connectivity index (χ2v) is 10.6. The maximum atomic E-state index is 13.4. The van der Waals surface area contributed by atoms with Crippen LogP contribution in [0.2, 0.25) is 0 Å². The van der Waals surface area contributed by atoms with E-state index in [0.29, 0.717) is 18.8 Å². The number of hydrogen-bond acceptors (Lipinski definition) is 3. The number of alkyl halides is 6. The maximum Gasteiger partial charge on any atom is 0.416 e. The van der Waals surface area contributed by atoms with Crippen molar-refractivity contribution >= 4 is 5.78 Å². The molecule has 2 aliphatic carbocycles. The molecule has 2 aromatic carbocycles. The topological polar surface area (TPSA) is 29.5 Å². The zero-order chi connectivity index (χ0) is 27.2. The summed E-state index contributed by atoms with van der Waals surface area (Å²) in [5, 5.41) is 0. The van der Waals surface area contributed by atoms with Crippen LogP contribution in [0.1, 0.15) is 66.9 Å². The van der Waals surface area contributed by atoms with Gasteiger partial charge in [0.05, 0.1) is 23.3 Å². The molecule has 1 aliphatic heterocycles.